The molecule has 1 unspecified atom stereocenters. The third-order valence-electron chi connectivity index (χ3n) is 5.01. The van der Waals surface area contributed by atoms with Crippen LogP contribution in [-0.4, -0.2) is 81.2 Å². The Balaban J connectivity index is 1.73. The predicted molar refractivity (Wildman–Crippen MR) is 109 cm³/mol. The van der Waals surface area contributed by atoms with Gasteiger partial charge in [-0.15, -0.1) is 11.3 Å². The largest absolute Gasteiger partial charge is 0.395 e. The van der Waals surface area contributed by atoms with Crippen LogP contribution in [0.25, 0.3) is 10.6 Å². The molecule has 0 radical (unpaired) electrons. The van der Waals surface area contributed by atoms with Crippen molar-refractivity contribution in [1.82, 2.24) is 19.8 Å². The highest BCUT2D eigenvalue weighted by Crippen LogP contribution is 2.29. The number of hydrogen-bond donors (Lipinski definition) is 2. The number of rotatable bonds is 7. The molecule has 2 N–H and O–H groups in total. The molecule has 1 aliphatic heterocycles. The molecule has 0 aliphatic carbocycles. The average molecular weight is 419 g/mol. The van der Waals surface area contributed by atoms with Gasteiger partial charge in [0.1, 0.15) is 9.88 Å². The Morgan fingerprint density at radius 3 is 2.72 bits per heavy atom. The van der Waals surface area contributed by atoms with Crippen LogP contribution in [-0.2, 0) is 4.79 Å². The number of aliphatic hydroxyl groups excluding tert-OH is 2. The highest BCUT2D eigenvalue weighted by Gasteiger charge is 2.32. The fourth-order valence-corrected chi connectivity index (χ4v) is 4.57. The van der Waals surface area contributed by atoms with E-state index in [-0.39, 0.29) is 44.0 Å². The molecule has 2 aromatic rings. The number of aromatic nitrogens is 2. The quantitative estimate of drug-likeness (QED) is 0.699. The van der Waals surface area contributed by atoms with Crippen LogP contribution in [0.15, 0.2) is 24.5 Å². The van der Waals surface area contributed by atoms with Crippen LogP contribution in [0.2, 0.25) is 0 Å². The van der Waals surface area contributed by atoms with Crippen LogP contribution in [0.4, 0.5) is 0 Å². The summed E-state index contributed by atoms with van der Waals surface area (Å²) in [5.41, 5.74) is 1.55. The zero-order chi connectivity index (χ0) is 20.8. The van der Waals surface area contributed by atoms with E-state index in [2.05, 4.69) is 9.97 Å². The van der Waals surface area contributed by atoms with Crippen molar-refractivity contribution in [3.63, 3.8) is 0 Å². The SMILES string of the molecule is Cc1nc(-c2cccnc2)sc1C(=O)N1CCCC(C(=O)N(CCO)CCO)C1. The van der Waals surface area contributed by atoms with E-state index in [0.717, 1.165) is 17.0 Å². The topological polar surface area (TPSA) is 107 Å². The van der Waals surface area contributed by atoms with Crippen molar-refractivity contribution in [1.29, 1.82) is 0 Å². The summed E-state index contributed by atoms with van der Waals surface area (Å²) in [6.45, 7) is 2.82. The maximum Gasteiger partial charge on any atom is 0.265 e. The molecule has 3 rings (SSSR count). The van der Waals surface area contributed by atoms with Crippen molar-refractivity contribution in [3.8, 4) is 10.6 Å². The van der Waals surface area contributed by atoms with E-state index < -0.39 is 0 Å². The molecule has 0 spiro atoms. The first-order valence-electron chi connectivity index (χ1n) is 9.72. The van der Waals surface area contributed by atoms with Crippen LogP contribution in [0, 0.1) is 12.8 Å². The molecule has 1 saturated heterocycles. The van der Waals surface area contributed by atoms with Gasteiger partial charge < -0.3 is 20.0 Å². The number of hydrogen-bond acceptors (Lipinski definition) is 7. The highest BCUT2D eigenvalue weighted by molar-refractivity contribution is 7.17. The Morgan fingerprint density at radius 2 is 2.07 bits per heavy atom. The first-order valence-corrected chi connectivity index (χ1v) is 10.5. The second-order valence-corrected chi connectivity index (χ2v) is 8.04. The predicted octanol–water partition coefficient (Wildman–Crippen LogP) is 1.18. The number of pyridine rings is 1. The van der Waals surface area contributed by atoms with Gasteiger partial charge in [-0.25, -0.2) is 4.98 Å². The monoisotopic (exact) mass is 418 g/mol. The molecule has 3 heterocycles. The minimum atomic E-state index is -0.322. The van der Waals surface area contributed by atoms with Crippen LogP contribution in [0.5, 0.6) is 0 Å². The number of carbonyl (C=O) groups is 2. The van der Waals surface area contributed by atoms with Gasteiger partial charge in [0, 0.05) is 44.1 Å². The molecule has 0 aromatic carbocycles. The van der Waals surface area contributed by atoms with E-state index in [1.807, 2.05) is 19.1 Å². The van der Waals surface area contributed by atoms with Crippen molar-refractivity contribution in [2.75, 3.05) is 39.4 Å². The third kappa shape index (κ3) is 4.98. The molecule has 1 atom stereocenters. The van der Waals surface area contributed by atoms with Gasteiger partial charge in [-0.2, -0.15) is 0 Å². The standard InChI is InChI=1S/C20H26N4O4S/c1-14-17(29-18(22-14)15-4-2-6-21-12-15)20(28)24-7-3-5-16(13-24)19(27)23(8-10-25)9-11-26/h2,4,6,12,16,25-26H,3,5,7-11,13H2,1H3. The van der Waals surface area contributed by atoms with Crippen LogP contribution >= 0.6 is 11.3 Å². The van der Waals surface area contributed by atoms with Crippen molar-refractivity contribution >= 4 is 23.2 Å². The maximum absolute atomic E-state index is 13.1. The number of amides is 2. The Morgan fingerprint density at radius 1 is 1.31 bits per heavy atom. The molecular formula is C20H26N4O4S. The maximum atomic E-state index is 13.1. The lowest BCUT2D eigenvalue weighted by atomic mass is 9.96. The third-order valence-corrected chi connectivity index (χ3v) is 6.20. The Bertz CT molecular complexity index is 836. The normalized spacial score (nSPS) is 16.7. The van der Waals surface area contributed by atoms with Crippen molar-refractivity contribution in [3.05, 3.63) is 35.1 Å². The van der Waals surface area contributed by atoms with E-state index in [1.54, 1.807) is 17.3 Å². The van der Waals surface area contributed by atoms with E-state index in [9.17, 15) is 19.8 Å². The zero-order valence-corrected chi connectivity index (χ0v) is 17.3. The molecule has 2 amide bonds. The number of carbonyl (C=O) groups excluding carboxylic acids is 2. The molecular weight excluding hydrogens is 392 g/mol. The number of aliphatic hydroxyl groups is 2. The highest BCUT2D eigenvalue weighted by atomic mass is 32.1. The van der Waals surface area contributed by atoms with Gasteiger partial charge in [-0.05, 0) is 31.9 Å². The molecule has 0 saturated carbocycles. The summed E-state index contributed by atoms with van der Waals surface area (Å²) < 4.78 is 0. The second-order valence-electron chi connectivity index (χ2n) is 7.04. The molecule has 1 aliphatic rings. The number of aryl methyl sites for hydroxylation is 1. The van der Waals surface area contributed by atoms with Crippen LogP contribution in [0.3, 0.4) is 0 Å². The first-order chi connectivity index (χ1) is 14.0. The number of thiazole rings is 1. The van der Waals surface area contributed by atoms with Gasteiger partial charge in [0.25, 0.3) is 5.91 Å². The molecule has 0 bridgehead atoms. The lowest BCUT2D eigenvalue weighted by molar-refractivity contribution is -0.138. The number of nitrogens with zero attached hydrogens (tertiary/aromatic N) is 4. The second kappa shape index (κ2) is 9.91. The Kier molecular flexibility index (Phi) is 7.29. The van der Waals surface area contributed by atoms with E-state index in [1.165, 1.54) is 16.2 Å². The van der Waals surface area contributed by atoms with Crippen molar-refractivity contribution < 1.29 is 19.8 Å². The summed E-state index contributed by atoms with van der Waals surface area (Å²) in [5, 5.41) is 19.1. The smallest absolute Gasteiger partial charge is 0.265 e. The molecule has 156 valence electrons. The minimum Gasteiger partial charge on any atom is -0.395 e. The van der Waals surface area contributed by atoms with Crippen molar-refractivity contribution in [2.24, 2.45) is 5.92 Å². The van der Waals surface area contributed by atoms with Crippen LogP contribution in [0.1, 0.15) is 28.2 Å². The summed E-state index contributed by atoms with van der Waals surface area (Å²) in [6, 6.07) is 3.74. The van der Waals surface area contributed by atoms with Gasteiger partial charge in [-0.1, -0.05) is 0 Å². The Labute approximate surface area is 173 Å². The summed E-state index contributed by atoms with van der Waals surface area (Å²) in [6.07, 6.45) is 4.84. The van der Waals surface area contributed by atoms with Gasteiger partial charge in [-0.3, -0.25) is 14.6 Å². The average Bonchev–Trinajstić information content (AvgIpc) is 3.15. The molecule has 1 fully saturated rings. The molecule has 9 heteroatoms. The van der Waals surface area contributed by atoms with Gasteiger partial charge in [0.15, 0.2) is 0 Å². The zero-order valence-electron chi connectivity index (χ0n) is 16.5. The van der Waals surface area contributed by atoms with Gasteiger partial charge >= 0.3 is 0 Å². The fourth-order valence-electron chi connectivity index (χ4n) is 3.55. The van der Waals surface area contributed by atoms with Gasteiger partial charge in [0.05, 0.1) is 24.8 Å². The molecule has 2 aromatic heterocycles. The van der Waals surface area contributed by atoms with Crippen LogP contribution < -0.4 is 0 Å². The van der Waals surface area contributed by atoms with E-state index in [4.69, 9.17) is 0 Å². The van der Waals surface area contributed by atoms with E-state index >= 15 is 0 Å². The lowest BCUT2D eigenvalue weighted by Crippen LogP contribution is -2.48. The summed E-state index contributed by atoms with van der Waals surface area (Å²) in [4.78, 5) is 38.3. The van der Waals surface area contributed by atoms with Gasteiger partial charge in [0.2, 0.25) is 5.91 Å². The first kappa shape index (κ1) is 21.4. The lowest BCUT2D eigenvalue weighted by Gasteiger charge is -2.34. The fraction of sp³-hybridized carbons (Fsp3) is 0.500. The van der Waals surface area contributed by atoms with Crippen molar-refractivity contribution in [2.45, 2.75) is 19.8 Å². The summed E-state index contributed by atoms with van der Waals surface area (Å²) in [7, 11) is 0. The summed E-state index contributed by atoms with van der Waals surface area (Å²) >= 11 is 1.34. The molecule has 8 nitrogen and oxygen atoms in total. The minimum absolute atomic E-state index is 0.108. The van der Waals surface area contributed by atoms with E-state index in [0.29, 0.717) is 30.1 Å². The number of likely N-dealkylation sites (tertiary alicyclic amines) is 1. The molecule has 29 heavy (non-hydrogen) atoms. The summed E-state index contributed by atoms with van der Waals surface area (Å²) in [5.74, 6) is -0.553. The Hall–Kier alpha value is -2.36. The number of piperidine rings is 1.